The third-order valence-corrected chi connectivity index (χ3v) is 5.63. The molecule has 2 heterocycles. The standard InChI is InChI=1S/C24H19F3N4O2S/c25-24(26,27)33-18-7-4-17(5-8-18)29-23(32)12-14-34-19-9-10-20-21(30-31-22(20)15-19)11-6-16-3-1-2-13-28-16/h1-11,13,15H,12,14H2,(H,29,32)(H,30,31)/b11-6+. The number of alkyl halides is 3. The zero-order valence-electron chi connectivity index (χ0n) is 17.7. The van der Waals surface area contributed by atoms with Crippen LogP contribution >= 0.6 is 11.8 Å². The lowest BCUT2D eigenvalue weighted by molar-refractivity contribution is -0.274. The molecule has 1 amide bonds. The number of benzene rings is 2. The molecule has 0 saturated carbocycles. The molecule has 0 fully saturated rings. The molecule has 4 aromatic rings. The number of H-pyrrole nitrogens is 1. The normalized spacial score (nSPS) is 11.7. The highest BCUT2D eigenvalue weighted by molar-refractivity contribution is 7.99. The molecule has 0 aliphatic heterocycles. The Labute approximate surface area is 197 Å². The fourth-order valence-electron chi connectivity index (χ4n) is 3.10. The molecule has 34 heavy (non-hydrogen) atoms. The summed E-state index contributed by atoms with van der Waals surface area (Å²) in [5.74, 6) is -0.0418. The summed E-state index contributed by atoms with van der Waals surface area (Å²) in [7, 11) is 0. The topological polar surface area (TPSA) is 79.9 Å². The van der Waals surface area contributed by atoms with Crippen molar-refractivity contribution in [3.8, 4) is 5.75 Å². The molecule has 0 radical (unpaired) electrons. The maximum atomic E-state index is 12.2. The number of fused-ring (bicyclic) bond motifs is 1. The number of carbonyl (C=O) groups excluding carboxylic acids is 1. The van der Waals surface area contributed by atoms with Crippen molar-refractivity contribution in [2.45, 2.75) is 17.7 Å². The van der Waals surface area contributed by atoms with Gasteiger partial charge in [0.2, 0.25) is 5.91 Å². The zero-order chi connectivity index (χ0) is 24.0. The number of nitrogens with one attached hydrogen (secondary N) is 2. The lowest BCUT2D eigenvalue weighted by atomic mass is 10.2. The van der Waals surface area contributed by atoms with Gasteiger partial charge in [0.1, 0.15) is 5.75 Å². The molecule has 6 nitrogen and oxygen atoms in total. The summed E-state index contributed by atoms with van der Waals surface area (Å²) in [4.78, 5) is 17.4. The van der Waals surface area contributed by atoms with E-state index < -0.39 is 6.36 Å². The Bertz CT molecular complexity index is 1290. The van der Waals surface area contributed by atoms with E-state index in [1.54, 1.807) is 6.20 Å². The van der Waals surface area contributed by atoms with Gasteiger partial charge in [-0.2, -0.15) is 5.10 Å². The Kier molecular flexibility index (Phi) is 7.17. The summed E-state index contributed by atoms with van der Waals surface area (Å²) in [6, 6.07) is 16.6. The van der Waals surface area contributed by atoms with Crippen LogP contribution in [0.4, 0.5) is 18.9 Å². The Hall–Kier alpha value is -3.79. The second-order valence-electron chi connectivity index (χ2n) is 7.12. The van der Waals surface area contributed by atoms with Gasteiger partial charge >= 0.3 is 6.36 Å². The van der Waals surface area contributed by atoms with Gasteiger partial charge in [0.15, 0.2) is 0 Å². The average molecular weight is 485 g/mol. The van der Waals surface area contributed by atoms with Crippen LogP contribution in [0.1, 0.15) is 17.8 Å². The zero-order valence-corrected chi connectivity index (χ0v) is 18.5. The number of aromatic amines is 1. The van der Waals surface area contributed by atoms with Crippen LogP contribution in [-0.4, -0.2) is 33.2 Å². The van der Waals surface area contributed by atoms with Crippen LogP contribution in [0.3, 0.4) is 0 Å². The van der Waals surface area contributed by atoms with E-state index in [1.807, 2.05) is 48.6 Å². The van der Waals surface area contributed by atoms with Crippen LogP contribution in [0, 0.1) is 0 Å². The molecule has 2 aromatic carbocycles. The first kappa shape index (κ1) is 23.4. The first-order valence-corrected chi connectivity index (χ1v) is 11.2. The first-order chi connectivity index (χ1) is 16.4. The third-order valence-electron chi connectivity index (χ3n) is 4.63. The van der Waals surface area contributed by atoms with Crippen LogP contribution in [-0.2, 0) is 4.79 Å². The SMILES string of the molecule is O=C(CCSc1ccc2c(/C=C/c3ccccn3)n[nH]c2c1)Nc1ccc(OC(F)(F)F)cc1. The maximum absolute atomic E-state index is 12.2. The molecule has 0 unspecified atom stereocenters. The van der Waals surface area contributed by atoms with E-state index in [0.29, 0.717) is 11.4 Å². The minimum atomic E-state index is -4.75. The molecule has 0 atom stereocenters. The van der Waals surface area contributed by atoms with Crippen molar-refractivity contribution in [1.29, 1.82) is 0 Å². The van der Waals surface area contributed by atoms with Gasteiger partial charge in [0.25, 0.3) is 0 Å². The van der Waals surface area contributed by atoms with Gasteiger partial charge in [0.05, 0.1) is 16.9 Å². The number of ether oxygens (including phenoxy) is 1. The first-order valence-electron chi connectivity index (χ1n) is 10.2. The Morgan fingerprint density at radius 2 is 1.91 bits per heavy atom. The highest BCUT2D eigenvalue weighted by Gasteiger charge is 2.30. The number of hydrogen-bond acceptors (Lipinski definition) is 5. The van der Waals surface area contributed by atoms with Gasteiger partial charge in [-0.1, -0.05) is 6.07 Å². The van der Waals surface area contributed by atoms with Crippen molar-refractivity contribution in [2.75, 3.05) is 11.1 Å². The number of nitrogens with zero attached hydrogens (tertiary/aromatic N) is 2. The van der Waals surface area contributed by atoms with E-state index in [1.165, 1.54) is 23.9 Å². The number of anilines is 1. The van der Waals surface area contributed by atoms with E-state index in [4.69, 9.17) is 0 Å². The van der Waals surface area contributed by atoms with Crippen LogP contribution in [0.25, 0.3) is 23.1 Å². The smallest absolute Gasteiger partial charge is 0.406 e. The lowest BCUT2D eigenvalue weighted by Gasteiger charge is -2.10. The van der Waals surface area contributed by atoms with E-state index in [0.717, 1.165) is 39.3 Å². The maximum Gasteiger partial charge on any atom is 0.573 e. The lowest BCUT2D eigenvalue weighted by Crippen LogP contribution is -2.17. The minimum absolute atomic E-state index is 0.235. The van der Waals surface area contributed by atoms with Crippen molar-refractivity contribution in [3.05, 3.63) is 78.2 Å². The average Bonchev–Trinajstić information content (AvgIpc) is 3.21. The molecule has 0 bridgehead atoms. The molecule has 4 rings (SSSR count). The Morgan fingerprint density at radius 1 is 1.09 bits per heavy atom. The molecule has 0 aliphatic carbocycles. The minimum Gasteiger partial charge on any atom is -0.406 e. The second kappa shape index (κ2) is 10.4. The summed E-state index contributed by atoms with van der Waals surface area (Å²) in [5, 5.41) is 11.0. The Balaban J connectivity index is 1.28. The number of pyridine rings is 1. The fraction of sp³-hybridized carbons (Fsp3) is 0.125. The molecule has 0 saturated heterocycles. The van der Waals surface area contributed by atoms with Crippen LogP contribution in [0.15, 0.2) is 71.8 Å². The summed E-state index contributed by atoms with van der Waals surface area (Å²) in [6.45, 7) is 0. The van der Waals surface area contributed by atoms with Crippen molar-refractivity contribution >= 4 is 46.4 Å². The Morgan fingerprint density at radius 3 is 2.65 bits per heavy atom. The van der Waals surface area contributed by atoms with E-state index >= 15 is 0 Å². The monoisotopic (exact) mass is 484 g/mol. The number of halogens is 3. The van der Waals surface area contributed by atoms with Gasteiger partial charge in [-0.15, -0.1) is 24.9 Å². The molecular formula is C24H19F3N4O2S. The van der Waals surface area contributed by atoms with Gasteiger partial charge in [-0.05, 0) is 66.7 Å². The van der Waals surface area contributed by atoms with Crippen molar-refractivity contribution < 1.29 is 22.7 Å². The highest BCUT2D eigenvalue weighted by Crippen LogP contribution is 2.26. The van der Waals surface area contributed by atoms with Crippen LogP contribution in [0.2, 0.25) is 0 Å². The molecule has 0 spiro atoms. The predicted molar refractivity (Wildman–Crippen MR) is 126 cm³/mol. The molecule has 2 aromatic heterocycles. The number of hydrogen-bond donors (Lipinski definition) is 2. The predicted octanol–water partition coefficient (Wildman–Crippen LogP) is 6.15. The molecule has 174 valence electrons. The summed E-state index contributed by atoms with van der Waals surface area (Å²) in [5.41, 5.74) is 2.93. The quantitative estimate of drug-likeness (QED) is 0.293. The highest BCUT2D eigenvalue weighted by atomic mass is 32.2. The van der Waals surface area contributed by atoms with E-state index in [9.17, 15) is 18.0 Å². The van der Waals surface area contributed by atoms with Crippen molar-refractivity contribution in [1.82, 2.24) is 15.2 Å². The number of thioether (sulfide) groups is 1. The second-order valence-corrected chi connectivity index (χ2v) is 8.29. The summed E-state index contributed by atoms with van der Waals surface area (Å²) < 4.78 is 40.4. The van der Waals surface area contributed by atoms with Crippen LogP contribution in [0.5, 0.6) is 5.75 Å². The van der Waals surface area contributed by atoms with Gasteiger partial charge in [-0.3, -0.25) is 14.9 Å². The third kappa shape index (κ3) is 6.61. The number of rotatable bonds is 8. The van der Waals surface area contributed by atoms with E-state index in [-0.39, 0.29) is 18.1 Å². The van der Waals surface area contributed by atoms with Crippen molar-refractivity contribution in [2.24, 2.45) is 0 Å². The number of carbonyl (C=O) groups is 1. The molecule has 10 heteroatoms. The molecule has 2 N–H and O–H groups in total. The molecule has 0 aliphatic rings. The van der Waals surface area contributed by atoms with Gasteiger partial charge in [0, 0.05) is 34.3 Å². The fourth-order valence-corrected chi connectivity index (χ4v) is 3.99. The molecular weight excluding hydrogens is 465 g/mol. The summed E-state index contributed by atoms with van der Waals surface area (Å²) >= 11 is 1.52. The van der Waals surface area contributed by atoms with Gasteiger partial charge < -0.3 is 10.1 Å². The number of amides is 1. The van der Waals surface area contributed by atoms with Crippen LogP contribution < -0.4 is 10.1 Å². The summed E-state index contributed by atoms with van der Waals surface area (Å²) in [6.07, 6.45) is 1.02. The largest absolute Gasteiger partial charge is 0.573 e. The van der Waals surface area contributed by atoms with Gasteiger partial charge in [-0.25, -0.2) is 0 Å². The van der Waals surface area contributed by atoms with E-state index in [2.05, 4.69) is 25.2 Å². The van der Waals surface area contributed by atoms with Crippen molar-refractivity contribution in [3.63, 3.8) is 0 Å². The number of aromatic nitrogens is 3.